The summed E-state index contributed by atoms with van der Waals surface area (Å²) in [7, 11) is 0. The van der Waals surface area contributed by atoms with E-state index in [-0.39, 0.29) is 0 Å². The van der Waals surface area contributed by atoms with Crippen molar-refractivity contribution < 1.29 is 4.74 Å². The van der Waals surface area contributed by atoms with Gasteiger partial charge in [0.1, 0.15) is 11.5 Å². The van der Waals surface area contributed by atoms with E-state index in [9.17, 15) is 0 Å². The van der Waals surface area contributed by atoms with Crippen LogP contribution in [-0.2, 0) is 0 Å². The normalized spacial score (nSPS) is 24.3. The van der Waals surface area contributed by atoms with Crippen LogP contribution >= 0.6 is 0 Å². The van der Waals surface area contributed by atoms with Crippen molar-refractivity contribution in [2.45, 2.75) is 44.2 Å². The molecular weight excluding hydrogens is 284 g/mol. The number of anilines is 1. The number of piperidine rings is 1. The van der Waals surface area contributed by atoms with Crippen LogP contribution in [0.25, 0.3) is 0 Å². The maximum atomic E-state index is 5.89. The minimum Gasteiger partial charge on any atom is -0.457 e. The average molecular weight is 308 g/mol. The van der Waals surface area contributed by atoms with Gasteiger partial charge in [-0.2, -0.15) is 0 Å². The van der Waals surface area contributed by atoms with Gasteiger partial charge in [-0.05, 0) is 74.2 Å². The van der Waals surface area contributed by atoms with Crippen molar-refractivity contribution in [3.05, 3.63) is 54.1 Å². The van der Waals surface area contributed by atoms with E-state index in [1.165, 1.54) is 44.2 Å². The third-order valence-corrected chi connectivity index (χ3v) is 5.23. The topological polar surface area (TPSA) is 38.5 Å². The molecule has 2 saturated heterocycles. The highest BCUT2D eigenvalue weighted by atomic mass is 16.5. The lowest BCUT2D eigenvalue weighted by Crippen LogP contribution is -2.35. The molecule has 0 aromatic heterocycles. The van der Waals surface area contributed by atoms with Crippen molar-refractivity contribution in [1.82, 2.24) is 4.90 Å². The van der Waals surface area contributed by atoms with Crippen LogP contribution in [0.15, 0.2) is 48.5 Å². The zero-order valence-electron chi connectivity index (χ0n) is 13.4. The van der Waals surface area contributed by atoms with E-state index in [1.54, 1.807) is 0 Å². The molecule has 0 aliphatic carbocycles. The lowest BCUT2D eigenvalue weighted by Gasteiger charge is -2.34. The molecule has 0 radical (unpaired) electrons. The van der Waals surface area contributed by atoms with Crippen LogP contribution in [0.1, 0.15) is 43.7 Å². The second-order valence-electron chi connectivity index (χ2n) is 6.72. The summed E-state index contributed by atoms with van der Waals surface area (Å²) in [4.78, 5) is 2.72. The zero-order valence-corrected chi connectivity index (χ0v) is 13.4. The summed E-state index contributed by atoms with van der Waals surface area (Å²) in [5.74, 6) is 1.70. The summed E-state index contributed by atoms with van der Waals surface area (Å²) < 4.78 is 5.89. The van der Waals surface area contributed by atoms with Crippen LogP contribution in [0, 0.1) is 0 Å². The first-order valence-corrected chi connectivity index (χ1v) is 8.69. The number of nitrogen functional groups attached to an aromatic ring is 1. The molecule has 0 unspecified atom stereocenters. The van der Waals surface area contributed by atoms with Gasteiger partial charge in [-0.15, -0.1) is 0 Å². The van der Waals surface area contributed by atoms with E-state index < -0.39 is 0 Å². The smallest absolute Gasteiger partial charge is 0.127 e. The Labute approximate surface area is 138 Å². The number of fused-ring (bicyclic) bond motifs is 1. The van der Waals surface area contributed by atoms with Gasteiger partial charge in [0.2, 0.25) is 0 Å². The highest BCUT2D eigenvalue weighted by Crippen LogP contribution is 2.40. The SMILES string of the molecule is Nc1ccc(Oc2ccc([C@H]3CC[C@H]4CCCCN43)cc2)cc1. The van der Waals surface area contributed by atoms with Crippen molar-refractivity contribution in [1.29, 1.82) is 0 Å². The molecule has 2 aliphatic rings. The van der Waals surface area contributed by atoms with Crippen molar-refractivity contribution >= 4 is 5.69 Å². The van der Waals surface area contributed by atoms with Gasteiger partial charge in [-0.25, -0.2) is 0 Å². The van der Waals surface area contributed by atoms with Gasteiger partial charge >= 0.3 is 0 Å². The van der Waals surface area contributed by atoms with Crippen molar-refractivity contribution in [2.24, 2.45) is 0 Å². The standard InChI is InChI=1S/C20H24N2O/c21-16-6-11-19(12-7-16)23-18-9-4-15(5-10-18)20-13-8-17-3-1-2-14-22(17)20/h4-7,9-12,17,20H,1-3,8,13-14,21H2/t17-,20-/m1/s1. The Morgan fingerprint density at radius 2 is 1.52 bits per heavy atom. The molecule has 2 aliphatic heterocycles. The van der Waals surface area contributed by atoms with Crippen LogP contribution in [0.2, 0.25) is 0 Å². The number of nitrogens with two attached hydrogens (primary N) is 1. The molecule has 23 heavy (non-hydrogen) atoms. The first kappa shape index (κ1) is 14.6. The number of nitrogens with zero attached hydrogens (tertiary/aromatic N) is 1. The van der Waals surface area contributed by atoms with Crippen LogP contribution < -0.4 is 10.5 Å². The summed E-state index contributed by atoms with van der Waals surface area (Å²) in [5.41, 5.74) is 7.89. The van der Waals surface area contributed by atoms with Gasteiger partial charge in [-0.1, -0.05) is 18.6 Å². The molecule has 0 spiro atoms. The minimum absolute atomic E-state index is 0.603. The predicted octanol–water partition coefficient (Wildman–Crippen LogP) is 4.75. The number of hydrogen-bond acceptors (Lipinski definition) is 3. The van der Waals surface area contributed by atoms with E-state index in [0.717, 1.165) is 23.2 Å². The fourth-order valence-corrected chi connectivity index (χ4v) is 4.05. The highest BCUT2D eigenvalue weighted by Gasteiger charge is 2.35. The summed E-state index contributed by atoms with van der Waals surface area (Å²) in [6.07, 6.45) is 6.79. The molecule has 2 atom stereocenters. The monoisotopic (exact) mass is 308 g/mol. The Morgan fingerprint density at radius 1 is 0.826 bits per heavy atom. The predicted molar refractivity (Wildman–Crippen MR) is 93.7 cm³/mol. The van der Waals surface area contributed by atoms with Gasteiger partial charge in [0.25, 0.3) is 0 Å². The molecule has 2 N–H and O–H groups in total. The second kappa shape index (κ2) is 6.25. The van der Waals surface area contributed by atoms with E-state index in [2.05, 4.69) is 29.2 Å². The third-order valence-electron chi connectivity index (χ3n) is 5.23. The largest absolute Gasteiger partial charge is 0.457 e. The number of ether oxygens (including phenoxy) is 1. The Bertz CT molecular complexity index is 650. The molecule has 2 aromatic rings. The second-order valence-corrected chi connectivity index (χ2v) is 6.72. The van der Waals surface area contributed by atoms with E-state index in [1.807, 2.05) is 24.3 Å². The summed E-state index contributed by atoms with van der Waals surface area (Å²) in [5, 5.41) is 0. The molecule has 2 aromatic carbocycles. The minimum atomic E-state index is 0.603. The number of hydrogen-bond donors (Lipinski definition) is 1. The summed E-state index contributed by atoms with van der Waals surface area (Å²) in [6, 6.07) is 17.6. The fourth-order valence-electron chi connectivity index (χ4n) is 4.05. The molecular formula is C20H24N2O. The van der Waals surface area contributed by atoms with E-state index in [4.69, 9.17) is 10.5 Å². The molecule has 4 rings (SSSR count). The van der Waals surface area contributed by atoms with Crippen LogP contribution in [-0.4, -0.2) is 17.5 Å². The van der Waals surface area contributed by atoms with Gasteiger partial charge in [0.05, 0.1) is 0 Å². The van der Waals surface area contributed by atoms with Crippen molar-refractivity contribution in [3.8, 4) is 11.5 Å². The lowest BCUT2D eigenvalue weighted by atomic mass is 10.0. The number of benzene rings is 2. The fraction of sp³-hybridized carbons (Fsp3) is 0.400. The molecule has 0 amide bonds. The van der Waals surface area contributed by atoms with Crippen LogP contribution in [0.5, 0.6) is 11.5 Å². The Hall–Kier alpha value is -2.00. The van der Waals surface area contributed by atoms with Crippen LogP contribution in [0.3, 0.4) is 0 Å². The quantitative estimate of drug-likeness (QED) is 0.832. The molecule has 0 bridgehead atoms. The maximum Gasteiger partial charge on any atom is 0.127 e. The Kier molecular flexibility index (Phi) is 3.96. The Balaban J connectivity index is 1.46. The van der Waals surface area contributed by atoms with Crippen molar-refractivity contribution in [3.63, 3.8) is 0 Å². The molecule has 2 heterocycles. The Morgan fingerprint density at radius 3 is 2.26 bits per heavy atom. The molecule has 3 nitrogen and oxygen atoms in total. The van der Waals surface area contributed by atoms with E-state index in [0.29, 0.717) is 6.04 Å². The molecule has 3 heteroatoms. The molecule has 0 saturated carbocycles. The molecule has 120 valence electrons. The third kappa shape index (κ3) is 3.06. The van der Waals surface area contributed by atoms with Gasteiger partial charge < -0.3 is 10.5 Å². The first-order chi connectivity index (χ1) is 11.3. The summed E-state index contributed by atoms with van der Waals surface area (Å²) >= 11 is 0. The van der Waals surface area contributed by atoms with E-state index >= 15 is 0 Å². The maximum absolute atomic E-state index is 5.89. The summed E-state index contributed by atoms with van der Waals surface area (Å²) in [6.45, 7) is 1.26. The molecule has 2 fully saturated rings. The zero-order chi connectivity index (χ0) is 15.6. The van der Waals surface area contributed by atoms with Gasteiger partial charge in [0, 0.05) is 17.8 Å². The van der Waals surface area contributed by atoms with Gasteiger partial charge in [0.15, 0.2) is 0 Å². The number of rotatable bonds is 3. The lowest BCUT2D eigenvalue weighted by molar-refractivity contribution is 0.150. The first-order valence-electron chi connectivity index (χ1n) is 8.69. The van der Waals surface area contributed by atoms with Crippen molar-refractivity contribution in [2.75, 3.05) is 12.3 Å². The average Bonchev–Trinajstić information content (AvgIpc) is 3.02. The van der Waals surface area contributed by atoms with Gasteiger partial charge in [-0.3, -0.25) is 4.90 Å². The highest BCUT2D eigenvalue weighted by molar-refractivity contribution is 5.43. The van der Waals surface area contributed by atoms with Crippen LogP contribution in [0.4, 0.5) is 5.69 Å².